The van der Waals surface area contributed by atoms with Crippen LogP contribution in [0.3, 0.4) is 0 Å². The van der Waals surface area contributed by atoms with Crippen LogP contribution in [0.4, 0.5) is 0 Å². The second kappa shape index (κ2) is 7.62. The summed E-state index contributed by atoms with van der Waals surface area (Å²) in [6.07, 6.45) is 2.03. The third-order valence-electron chi connectivity index (χ3n) is 3.95. The Hall–Kier alpha value is -1.32. The van der Waals surface area contributed by atoms with Crippen LogP contribution < -0.4 is 0 Å². The Morgan fingerprint density at radius 1 is 1.24 bits per heavy atom. The minimum atomic E-state index is -0.876. The number of methoxy groups -OCH3 is 1. The van der Waals surface area contributed by atoms with Crippen LogP contribution in [0.5, 0.6) is 0 Å². The van der Waals surface area contributed by atoms with Gasteiger partial charge >= 0.3 is 11.9 Å². The van der Waals surface area contributed by atoms with Crippen molar-refractivity contribution in [2.24, 2.45) is 10.8 Å². The second-order valence-electron chi connectivity index (χ2n) is 6.83. The second-order valence-corrected chi connectivity index (χ2v) is 6.83. The minimum absolute atomic E-state index is 0.0401. The van der Waals surface area contributed by atoms with Crippen LogP contribution in [0, 0.1) is 10.8 Å². The SMILES string of the molecule is C=C(C)C(=O)OC(C)C(C)(CC(C)(C)CCC)C(=O)OC. The molecule has 2 unspecified atom stereocenters. The van der Waals surface area contributed by atoms with Crippen LogP contribution >= 0.6 is 0 Å². The van der Waals surface area contributed by atoms with Crippen molar-refractivity contribution in [2.45, 2.75) is 66.9 Å². The van der Waals surface area contributed by atoms with Crippen molar-refractivity contribution in [3.05, 3.63) is 12.2 Å². The molecule has 0 N–H and O–H groups in total. The average molecular weight is 298 g/mol. The van der Waals surface area contributed by atoms with Gasteiger partial charge < -0.3 is 9.47 Å². The Balaban J connectivity index is 5.30. The summed E-state index contributed by atoms with van der Waals surface area (Å²) in [6, 6.07) is 0. The van der Waals surface area contributed by atoms with Gasteiger partial charge in [0.15, 0.2) is 0 Å². The summed E-state index contributed by atoms with van der Waals surface area (Å²) >= 11 is 0. The van der Waals surface area contributed by atoms with Gasteiger partial charge in [-0.3, -0.25) is 4.79 Å². The minimum Gasteiger partial charge on any atom is -0.468 e. The lowest BCUT2D eigenvalue weighted by atomic mass is 9.69. The standard InChI is InChI=1S/C17H30O4/c1-9-10-16(5,6)11-17(7,15(19)20-8)13(4)21-14(18)12(2)3/h13H,2,9-11H2,1,3-8H3. The molecule has 0 aromatic rings. The Labute approximate surface area is 128 Å². The Bertz CT molecular complexity index is 398. The summed E-state index contributed by atoms with van der Waals surface area (Å²) in [4.78, 5) is 24.0. The van der Waals surface area contributed by atoms with E-state index >= 15 is 0 Å². The molecule has 0 heterocycles. The fourth-order valence-electron chi connectivity index (χ4n) is 2.77. The van der Waals surface area contributed by atoms with Crippen molar-refractivity contribution in [1.82, 2.24) is 0 Å². The van der Waals surface area contributed by atoms with Crippen LogP contribution in [-0.2, 0) is 19.1 Å². The van der Waals surface area contributed by atoms with E-state index in [1.54, 1.807) is 20.8 Å². The summed E-state index contributed by atoms with van der Waals surface area (Å²) in [6.45, 7) is 15.0. The lowest BCUT2D eigenvalue weighted by Crippen LogP contribution is -2.44. The monoisotopic (exact) mass is 298 g/mol. The van der Waals surface area contributed by atoms with Gasteiger partial charge in [0.2, 0.25) is 0 Å². The smallest absolute Gasteiger partial charge is 0.333 e. The Morgan fingerprint density at radius 3 is 2.14 bits per heavy atom. The molecule has 0 spiro atoms. The van der Waals surface area contributed by atoms with E-state index in [1.165, 1.54) is 7.11 Å². The van der Waals surface area contributed by atoms with E-state index in [1.807, 2.05) is 0 Å². The van der Waals surface area contributed by atoms with Crippen LogP contribution in [0.1, 0.15) is 60.8 Å². The van der Waals surface area contributed by atoms with E-state index < -0.39 is 17.5 Å². The first-order valence-corrected chi connectivity index (χ1v) is 7.45. The Kier molecular flexibility index (Phi) is 7.14. The molecule has 0 amide bonds. The first-order chi connectivity index (χ1) is 9.50. The lowest BCUT2D eigenvalue weighted by Gasteiger charge is -2.38. The largest absolute Gasteiger partial charge is 0.468 e. The van der Waals surface area contributed by atoms with Crippen LogP contribution in [-0.4, -0.2) is 25.2 Å². The number of carbonyl (C=O) groups is 2. The van der Waals surface area contributed by atoms with E-state index in [0.717, 1.165) is 12.8 Å². The Morgan fingerprint density at radius 2 is 1.76 bits per heavy atom. The van der Waals surface area contributed by atoms with Gasteiger partial charge in [-0.2, -0.15) is 0 Å². The molecule has 0 saturated heterocycles. The van der Waals surface area contributed by atoms with Crippen molar-refractivity contribution in [3.63, 3.8) is 0 Å². The lowest BCUT2D eigenvalue weighted by molar-refractivity contribution is -0.169. The van der Waals surface area contributed by atoms with E-state index in [-0.39, 0.29) is 11.4 Å². The summed E-state index contributed by atoms with van der Waals surface area (Å²) in [5, 5.41) is 0. The van der Waals surface area contributed by atoms with Crippen molar-refractivity contribution in [3.8, 4) is 0 Å². The van der Waals surface area contributed by atoms with Gasteiger partial charge in [-0.25, -0.2) is 4.79 Å². The van der Waals surface area contributed by atoms with Crippen molar-refractivity contribution in [2.75, 3.05) is 7.11 Å². The molecule has 122 valence electrons. The zero-order valence-corrected chi connectivity index (χ0v) is 14.5. The van der Waals surface area contributed by atoms with Gasteiger partial charge in [0, 0.05) is 5.57 Å². The number of ether oxygens (including phenoxy) is 2. The molecule has 21 heavy (non-hydrogen) atoms. The molecule has 0 rings (SSSR count). The maximum atomic E-state index is 12.3. The normalized spacial score (nSPS) is 15.8. The fourth-order valence-corrected chi connectivity index (χ4v) is 2.77. The van der Waals surface area contributed by atoms with Gasteiger partial charge in [0.25, 0.3) is 0 Å². The fraction of sp³-hybridized carbons (Fsp3) is 0.765. The van der Waals surface area contributed by atoms with Gasteiger partial charge in [-0.05, 0) is 39.0 Å². The molecular formula is C17H30O4. The maximum Gasteiger partial charge on any atom is 0.333 e. The van der Waals surface area contributed by atoms with Gasteiger partial charge in [-0.15, -0.1) is 0 Å². The highest BCUT2D eigenvalue weighted by atomic mass is 16.6. The first-order valence-electron chi connectivity index (χ1n) is 7.45. The van der Waals surface area contributed by atoms with E-state index in [0.29, 0.717) is 12.0 Å². The molecule has 4 heteroatoms. The third kappa shape index (κ3) is 5.52. The highest BCUT2D eigenvalue weighted by molar-refractivity contribution is 5.87. The third-order valence-corrected chi connectivity index (χ3v) is 3.95. The van der Waals surface area contributed by atoms with Gasteiger partial charge in [0.05, 0.1) is 7.11 Å². The molecule has 2 atom stereocenters. The highest BCUT2D eigenvalue weighted by Gasteiger charge is 2.45. The molecule has 0 aliphatic rings. The van der Waals surface area contributed by atoms with E-state index in [4.69, 9.17) is 9.47 Å². The molecule has 0 radical (unpaired) electrons. The van der Waals surface area contributed by atoms with Crippen molar-refractivity contribution in [1.29, 1.82) is 0 Å². The van der Waals surface area contributed by atoms with Crippen LogP contribution in [0.25, 0.3) is 0 Å². The zero-order valence-electron chi connectivity index (χ0n) is 14.5. The molecule has 4 nitrogen and oxygen atoms in total. The maximum absolute atomic E-state index is 12.3. The number of hydrogen-bond donors (Lipinski definition) is 0. The average Bonchev–Trinajstić information content (AvgIpc) is 2.36. The van der Waals surface area contributed by atoms with E-state index in [2.05, 4.69) is 27.4 Å². The predicted octanol–water partition coefficient (Wildman–Crippen LogP) is 3.89. The zero-order chi connectivity index (χ0) is 16.8. The molecule has 0 aromatic heterocycles. The topological polar surface area (TPSA) is 52.6 Å². The summed E-state index contributed by atoms with van der Waals surface area (Å²) in [7, 11) is 1.36. The summed E-state index contributed by atoms with van der Waals surface area (Å²) < 4.78 is 10.3. The number of esters is 2. The van der Waals surface area contributed by atoms with Crippen molar-refractivity contribution >= 4 is 11.9 Å². The number of carbonyl (C=O) groups excluding carboxylic acids is 2. The van der Waals surface area contributed by atoms with E-state index in [9.17, 15) is 9.59 Å². The summed E-state index contributed by atoms with van der Waals surface area (Å²) in [5.74, 6) is -0.834. The molecule has 0 aromatic carbocycles. The molecule has 0 aliphatic carbocycles. The molecule has 0 saturated carbocycles. The number of hydrogen-bond acceptors (Lipinski definition) is 4. The van der Waals surface area contributed by atoms with Crippen LogP contribution in [0.15, 0.2) is 12.2 Å². The molecule has 0 bridgehead atoms. The van der Waals surface area contributed by atoms with Crippen molar-refractivity contribution < 1.29 is 19.1 Å². The molecule has 0 fully saturated rings. The highest BCUT2D eigenvalue weighted by Crippen LogP contribution is 2.41. The quantitative estimate of drug-likeness (QED) is 0.504. The summed E-state index contributed by atoms with van der Waals surface area (Å²) in [5.41, 5.74) is -0.595. The number of rotatable bonds is 8. The first kappa shape index (κ1) is 19.7. The van der Waals surface area contributed by atoms with Gasteiger partial charge in [0.1, 0.15) is 11.5 Å². The molecule has 0 aliphatic heterocycles. The van der Waals surface area contributed by atoms with Gasteiger partial charge in [-0.1, -0.05) is 33.8 Å². The predicted molar refractivity (Wildman–Crippen MR) is 83.8 cm³/mol. The van der Waals surface area contributed by atoms with Crippen LogP contribution in [0.2, 0.25) is 0 Å². The molecular weight excluding hydrogens is 268 g/mol.